The fourth-order valence-corrected chi connectivity index (χ4v) is 1.80. The lowest BCUT2D eigenvalue weighted by molar-refractivity contribution is 0.768. The highest BCUT2D eigenvalue weighted by molar-refractivity contribution is 6.21. The number of nitrogens with one attached hydrogen (secondary N) is 1. The van der Waals surface area contributed by atoms with Crippen molar-refractivity contribution < 1.29 is 0 Å². The first-order chi connectivity index (χ1) is 6.75. The normalized spacial score (nSPS) is 17.9. The molecule has 1 saturated carbocycles. The van der Waals surface area contributed by atoms with Crippen LogP contribution in [0.5, 0.6) is 0 Å². The van der Waals surface area contributed by atoms with E-state index < -0.39 is 0 Å². The molecule has 1 heterocycles. The Hall–Kier alpha value is -0.760. The van der Waals surface area contributed by atoms with Crippen LogP contribution in [0.4, 0.5) is 5.82 Å². The maximum absolute atomic E-state index is 6.18. The third-order valence-electron chi connectivity index (χ3n) is 2.50. The van der Waals surface area contributed by atoms with Crippen molar-refractivity contribution in [2.24, 2.45) is 5.92 Å². The minimum Gasteiger partial charge on any atom is -0.369 e. The maximum Gasteiger partial charge on any atom is 0.126 e. The van der Waals surface area contributed by atoms with Gasteiger partial charge < -0.3 is 5.32 Å². The van der Waals surface area contributed by atoms with Crippen LogP contribution < -0.4 is 5.32 Å². The molecule has 0 radical (unpaired) electrons. The molecule has 2 nitrogen and oxygen atoms in total. The van der Waals surface area contributed by atoms with Crippen LogP contribution in [0, 0.1) is 12.8 Å². The highest BCUT2D eigenvalue weighted by atomic mass is 35.5. The van der Waals surface area contributed by atoms with Crippen molar-refractivity contribution in [1.29, 1.82) is 0 Å². The summed E-state index contributed by atoms with van der Waals surface area (Å²) in [5.41, 5.74) is 1.03. The Morgan fingerprint density at radius 1 is 1.57 bits per heavy atom. The molecule has 1 aliphatic rings. The first kappa shape index (κ1) is 9.78. The summed E-state index contributed by atoms with van der Waals surface area (Å²) in [6.45, 7) is 2.81. The molecule has 1 N–H and O–H groups in total. The highest BCUT2D eigenvalue weighted by Crippen LogP contribution is 2.35. The molecular formula is C11H15ClN2. The van der Waals surface area contributed by atoms with E-state index in [1.165, 1.54) is 12.8 Å². The zero-order chi connectivity index (χ0) is 9.97. The van der Waals surface area contributed by atoms with E-state index in [-0.39, 0.29) is 5.38 Å². The van der Waals surface area contributed by atoms with Gasteiger partial charge in [0.05, 0.1) is 5.38 Å². The maximum atomic E-state index is 6.18. The van der Waals surface area contributed by atoms with E-state index in [9.17, 15) is 0 Å². The average molecular weight is 211 g/mol. The van der Waals surface area contributed by atoms with Crippen LogP contribution in [0.1, 0.15) is 18.5 Å². The van der Waals surface area contributed by atoms with Crippen LogP contribution in [0.25, 0.3) is 0 Å². The summed E-state index contributed by atoms with van der Waals surface area (Å²) >= 11 is 6.18. The van der Waals surface area contributed by atoms with Gasteiger partial charge in [-0.1, -0.05) is 6.07 Å². The van der Waals surface area contributed by atoms with Crippen molar-refractivity contribution in [3.05, 3.63) is 23.9 Å². The Labute approximate surface area is 89.7 Å². The standard InChI is InChI=1S/C11H15ClN2/c1-8-3-2-4-11(14-8)13-7-10(12)9-5-6-9/h2-4,9-10H,5-7H2,1H3,(H,13,14). The minimum absolute atomic E-state index is 0.261. The first-order valence-corrected chi connectivity index (χ1v) is 5.51. The Balaban J connectivity index is 1.84. The smallest absolute Gasteiger partial charge is 0.126 e. The van der Waals surface area contributed by atoms with Gasteiger partial charge in [0.1, 0.15) is 5.82 Å². The second-order valence-electron chi connectivity index (χ2n) is 3.90. The predicted octanol–water partition coefficient (Wildman–Crippen LogP) is 2.82. The quantitative estimate of drug-likeness (QED) is 0.774. The van der Waals surface area contributed by atoms with Crippen LogP contribution in [-0.4, -0.2) is 16.9 Å². The van der Waals surface area contributed by atoms with Crippen LogP contribution >= 0.6 is 11.6 Å². The monoisotopic (exact) mass is 210 g/mol. The van der Waals surface area contributed by atoms with Gasteiger partial charge >= 0.3 is 0 Å². The number of rotatable bonds is 4. The number of anilines is 1. The van der Waals surface area contributed by atoms with E-state index in [0.717, 1.165) is 24.0 Å². The molecule has 0 saturated heterocycles. The SMILES string of the molecule is Cc1cccc(NCC(Cl)C2CC2)n1. The number of aromatic nitrogens is 1. The molecule has 0 bridgehead atoms. The Kier molecular flexibility index (Phi) is 2.92. The molecule has 1 atom stereocenters. The van der Waals surface area contributed by atoms with Crippen molar-refractivity contribution in [2.75, 3.05) is 11.9 Å². The van der Waals surface area contributed by atoms with Gasteiger partial charge in [0.15, 0.2) is 0 Å². The molecule has 14 heavy (non-hydrogen) atoms. The Morgan fingerprint density at radius 3 is 3.00 bits per heavy atom. The van der Waals surface area contributed by atoms with Gasteiger partial charge in [-0.05, 0) is 37.8 Å². The first-order valence-electron chi connectivity index (χ1n) is 5.07. The van der Waals surface area contributed by atoms with E-state index in [4.69, 9.17) is 11.6 Å². The minimum atomic E-state index is 0.261. The molecule has 1 aromatic heterocycles. The highest BCUT2D eigenvalue weighted by Gasteiger charge is 2.29. The van der Waals surface area contributed by atoms with Crippen LogP contribution in [-0.2, 0) is 0 Å². The second kappa shape index (κ2) is 4.18. The molecule has 3 heteroatoms. The summed E-state index contributed by atoms with van der Waals surface area (Å²) in [6.07, 6.45) is 2.58. The van der Waals surface area contributed by atoms with Crippen LogP contribution in [0.15, 0.2) is 18.2 Å². The van der Waals surface area contributed by atoms with E-state index >= 15 is 0 Å². The van der Waals surface area contributed by atoms with E-state index in [0.29, 0.717) is 0 Å². The third-order valence-corrected chi connectivity index (χ3v) is 3.01. The van der Waals surface area contributed by atoms with Crippen molar-refractivity contribution in [1.82, 2.24) is 4.98 Å². The number of hydrogen-bond acceptors (Lipinski definition) is 2. The van der Waals surface area contributed by atoms with Gasteiger partial charge in [-0.2, -0.15) is 0 Å². The molecule has 1 unspecified atom stereocenters. The Bertz CT molecular complexity index is 310. The van der Waals surface area contributed by atoms with Gasteiger partial charge in [-0.25, -0.2) is 4.98 Å². The van der Waals surface area contributed by atoms with Gasteiger partial charge in [0, 0.05) is 12.2 Å². The number of aryl methyl sites for hydroxylation is 1. The van der Waals surface area contributed by atoms with Crippen molar-refractivity contribution in [3.8, 4) is 0 Å². The summed E-state index contributed by atoms with van der Waals surface area (Å²) < 4.78 is 0. The molecule has 1 aromatic rings. The molecule has 0 aromatic carbocycles. The van der Waals surface area contributed by atoms with E-state index in [1.54, 1.807) is 0 Å². The van der Waals surface area contributed by atoms with Gasteiger partial charge in [0.25, 0.3) is 0 Å². The van der Waals surface area contributed by atoms with E-state index in [1.807, 2.05) is 25.1 Å². The summed E-state index contributed by atoms with van der Waals surface area (Å²) in [6, 6.07) is 5.97. The molecule has 76 valence electrons. The number of hydrogen-bond donors (Lipinski definition) is 1. The predicted molar refractivity (Wildman–Crippen MR) is 59.8 cm³/mol. The molecule has 0 amide bonds. The molecule has 1 aliphatic carbocycles. The second-order valence-corrected chi connectivity index (χ2v) is 4.46. The number of halogens is 1. The van der Waals surface area contributed by atoms with Crippen LogP contribution in [0.3, 0.4) is 0 Å². The molecule has 0 spiro atoms. The lowest BCUT2D eigenvalue weighted by Crippen LogP contribution is -2.16. The fourth-order valence-electron chi connectivity index (χ4n) is 1.47. The van der Waals surface area contributed by atoms with Gasteiger partial charge in [0.2, 0.25) is 0 Å². The summed E-state index contributed by atoms with van der Waals surface area (Å²) in [7, 11) is 0. The van der Waals surface area contributed by atoms with Gasteiger partial charge in [-0.15, -0.1) is 11.6 Å². The topological polar surface area (TPSA) is 24.9 Å². The molecule has 2 rings (SSSR count). The number of alkyl halides is 1. The summed E-state index contributed by atoms with van der Waals surface area (Å²) in [5, 5.41) is 3.52. The van der Waals surface area contributed by atoms with Crippen molar-refractivity contribution in [3.63, 3.8) is 0 Å². The summed E-state index contributed by atoms with van der Waals surface area (Å²) in [5.74, 6) is 1.66. The molecular weight excluding hydrogens is 196 g/mol. The Morgan fingerprint density at radius 2 is 2.36 bits per heavy atom. The third kappa shape index (κ3) is 2.61. The van der Waals surface area contributed by atoms with Crippen LogP contribution in [0.2, 0.25) is 0 Å². The molecule has 0 aliphatic heterocycles. The fraction of sp³-hybridized carbons (Fsp3) is 0.545. The lowest BCUT2D eigenvalue weighted by atomic mass is 10.3. The van der Waals surface area contributed by atoms with E-state index in [2.05, 4.69) is 10.3 Å². The summed E-state index contributed by atoms with van der Waals surface area (Å²) in [4.78, 5) is 4.36. The zero-order valence-electron chi connectivity index (χ0n) is 8.33. The number of nitrogens with zero attached hydrogens (tertiary/aromatic N) is 1. The largest absolute Gasteiger partial charge is 0.369 e. The number of pyridine rings is 1. The van der Waals surface area contributed by atoms with Gasteiger partial charge in [-0.3, -0.25) is 0 Å². The average Bonchev–Trinajstić information content (AvgIpc) is 2.97. The zero-order valence-corrected chi connectivity index (χ0v) is 9.09. The van der Waals surface area contributed by atoms with Crippen molar-refractivity contribution >= 4 is 17.4 Å². The van der Waals surface area contributed by atoms with Crippen molar-refractivity contribution in [2.45, 2.75) is 25.1 Å². The molecule has 1 fully saturated rings. The lowest BCUT2D eigenvalue weighted by Gasteiger charge is -2.10.